The molecular formula is C18H23N5O. The number of amides is 1. The lowest BCUT2D eigenvalue weighted by molar-refractivity contribution is -0.139. The lowest BCUT2D eigenvalue weighted by Crippen LogP contribution is -2.43. The average molecular weight is 325 g/mol. The monoisotopic (exact) mass is 325 g/mol. The third-order valence-corrected chi connectivity index (χ3v) is 5.93. The molecule has 6 nitrogen and oxygen atoms in total. The van der Waals surface area contributed by atoms with Crippen LogP contribution in [0.4, 0.5) is 0 Å². The maximum Gasteiger partial charge on any atom is 0.225 e. The Morgan fingerprint density at radius 2 is 1.75 bits per heavy atom. The Kier molecular flexibility index (Phi) is 3.31. The van der Waals surface area contributed by atoms with Crippen LogP contribution in [0.25, 0.3) is 5.65 Å². The van der Waals surface area contributed by atoms with Crippen LogP contribution in [0.1, 0.15) is 68.3 Å². The fraction of sp³-hybridized carbons (Fsp3) is 0.667. The molecule has 3 aliphatic rings. The van der Waals surface area contributed by atoms with Gasteiger partial charge in [0.2, 0.25) is 5.91 Å². The Morgan fingerprint density at radius 3 is 2.42 bits per heavy atom. The summed E-state index contributed by atoms with van der Waals surface area (Å²) in [6.45, 7) is 1.69. The first-order chi connectivity index (χ1) is 11.8. The Balaban J connectivity index is 1.33. The SMILES string of the molecule is O=C(C1CCC1)N1CCC(c2nnc3ccc(C4CC4)nn23)CC1. The first kappa shape index (κ1) is 14.4. The van der Waals surface area contributed by atoms with E-state index in [0.717, 1.165) is 50.2 Å². The number of hydrogen-bond acceptors (Lipinski definition) is 4. The van der Waals surface area contributed by atoms with Crippen LogP contribution in [0.5, 0.6) is 0 Å². The van der Waals surface area contributed by atoms with E-state index in [1.165, 1.54) is 25.0 Å². The molecule has 2 aromatic rings. The van der Waals surface area contributed by atoms with Crippen molar-refractivity contribution in [3.63, 3.8) is 0 Å². The number of hydrogen-bond donors (Lipinski definition) is 0. The Labute approximate surface area is 141 Å². The van der Waals surface area contributed by atoms with E-state index in [1.807, 2.05) is 10.6 Å². The second kappa shape index (κ2) is 5.53. The summed E-state index contributed by atoms with van der Waals surface area (Å²) < 4.78 is 1.95. The zero-order valence-corrected chi connectivity index (χ0v) is 13.9. The molecule has 2 saturated carbocycles. The van der Waals surface area contributed by atoms with Gasteiger partial charge in [-0.15, -0.1) is 10.2 Å². The number of nitrogens with zero attached hydrogens (tertiary/aromatic N) is 5. The maximum absolute atomic E-state index is 12.4. The van der Waals surface area contributed by atoms with E-state index in [0.29, 0.717) is 23.7 Å². The van der Waals surface area contributed by atoms with Crippen LogP contribution in [-0.2, 0) is 4.79 Å². The van der Waals surface area contributed by atoms with E-state index in [2.05, 4.69) is 21.2 Å². The highest BCUT2D eigenvalue weighted by molar-refractivity contribution is 5.79. The molecule has 24 heavy (non-hydrogen) atoms. The van der Waals surface area contributed by atoms with Crippen molar-refractivity contribution in [1.82, 2.24) is 24.7 Å². The molecule has 0 aromatic carbocycles. The van der Waals surface area contributed by atoms with Gasteiger partial charge >= 0.3 is 0 Å². The minimum Gasteiger partial charge on any atom is -0.342 e. The third-order valence-electron chi connectivity index (χ3n) is 5.93. The molecule has 1 aliphatic heterocycles. The third kappa shape index (κ3) is 2.39. The Hall–Kier alpha value is -1.98. The molecule has 3 fully saturated rings. The second-order valence-electron chi connectivity index (χ2n) is 7.59. The van der Waals surface area contributed by atoms with E-state index in [4.69, 9.17) is 5.10 Å². The lowest BCUT2D eigenvalue weighted by Gasteiger charge is -2.36. The number of carbonyl (C=O) groups is 1. The van der Waals surface area contributed by atoms with Gasteiger partial charge in [0, 0.05) is 30.8 Å². The second-order valence-corrected chi connectivity index (χ2v) is 7.59. The summed E-state index contributed by atoms with van der Waals surface area (Å²) in [4.78, 5) is 14.5. The van der Waals surface area contributed by atoms with E-state index < -0.39 is 0 Å². The van der Waals surface area contributed by atoms with Crippen LogP contribution in [0.15, 0.2) is 12.1 Å². The van der Waals surface area contributed by atoms with Gasteiger partial charge in [-0.3, -0.25) is 4.79 Å². The number of aromatic nitrogens is 4. The molecule has 0 spiro atoms. The van der Waals surface area contributed by atoms with E-state index in [1.54, 1.807) is 0 Å². The van der Waals surface area contributed by atoms with Gasteiger partial charge in [-0.1, -0.05) is 6.42 Å². The standard InChI is InChI=1S/C18H23N5O/c24-18(14-2-1-3-14)22-10-8-13(9-11-22)17-20-19-16-7-6-15(12-4-5-12)21-23(16)17/h6-7,12-14H,1-5,8-11H2. The number of likely N-dealkylation sites (tertiary alicyclic amines) is 1. The number of rotatable bonds is 3. The predicted octanol–water partition coefficient (Wildman–Crippen LogP) is 2.51. The molecular weight excluding hydrogens is 302 g/mol. The summed E-state index contributed by atoms with van der Waals surface area (Å²) in [5.74, 6) is 2.64. The normalized spacial score (nSPS) is 22.8. The summed E-state index contributed by atoms with van der Waals surface area (Å²) >= 11 is 0. The van der Waals surface area contributed by atoms with Crippen LogP contribution in [0.2, 0.25) is 0 Å². The minimum absolute atomic E-state index is 0.304. The van der Waals surface area contributed by atoms with Crippen LogP contribution in [0.3, 0.4) is 0 Å². The van der Waals surface area contributed by atoms with Crippen molar-refractivity contribution < 1.29 is 4.79 Å². The van der Waals surface area contributed by atoms with E-state index in [9.17, 15) is 4.79 Å². The average Bonchev–Trinajstić information content (AvgIpc) is 3.33. The quantitative estimate of drug-likeness (QED) is 0.870. The summed E-state index contributed by atoms with van der Waals surface area (Å²) in [5.41, 5.74) is 2.00. The molecule has 2 aromatic heterocycles. The highest BCUT2D eigenvalue weighted by atomic mass is 16.2. The molecule has 0 bridgehead atoms. The Bertz CT molecular complexity index is 769. The van der Waals surface area contributed by atoms with Crippen LogP contribution in [0, 0.1) is 5.92 Å². The number of carbonyl (C=O) groups excluding carboxylic acids is 1. The summed E-state index contributed by atoms with van der Waals surface area (Å²) in [6.07, 6.45) is 7.81. The summed E-state index contributed by atoms with van der Waals surface area (Å²) in [5, 5.41) is 13.5. The highest BCUT2D eigenvalue weighted by Gasteiger charge is 2.33. The topological polar surface area (TPSA) is 63.4 Å². The molecule has 0 atom stereocenters. The van der Waals surface area contributed by atoms with Gasteiger partial charge in [0.1, 0.15) is 0 Å². The van der Waals surface area contributed by atoms with Crippen LogP contribution < -0.4 is 0 Å². The first-order valence-corrected chi connectivity index (χ1v) is 9.30. The van der Waals surface area contributed by atoms with Crippen molar-refractivity contribution in [3.8, 4) is 0 Å². The van der Waals surface area contributed by atoms with Crippen LogP contribution >= 0.6 is 0 Å². The van der Waals surface area contributed by atoms with Gasteiger partial charge in [0.05, 0.1) is 5.69 Å². The van der Waals surface area contributed by atoms with Crippen molar-refractivity contribution in [1.29, 1.82) is 0 Å². The fourth-order valence-corrected chi connectivity index (χ4v) is 3.94. The van der Waals surface area contributed by atoms with Crippen LogP contribution in [-0.4, -0.2) is 43.7 Å². The number of piperidine rings is 1. The van der Waals surface area contributed by atoms with Crippen molar-refractivity contribution in [2.45, 2.75) is 56.8 Å². The van der Waals surface area contributed by atoms with Gasteiger partial charge in [0.15, 0.2) is 11.5 Å². The Morgan fingerprint density at radius 1 is 0.958 bits per heavy atom. The molecule has 1 amide bonds. The molecule has 2 aliphatic carbocycles. The van der Waals surface area contributed by atoms with Gasteiger partial charge in [-0.25, -0.2) is 0 Å². The van der Waals surface area contributed by atoms with Gasteiger partial charge in [-0.2, -0.15) is 9.61 Å². The molecule has 6 heteroatoms. The highest BCUT2D eigenvalue weighted by Crippen LogP contribution is 2.39. The van der Waals surface area contributed by atoms with Crippen molar-refractivity contribution >= 4 is 11.6 Å². The lowest BCUT2D eigenvalue weighted by atomic mass is 9.83. The van der Waals surface area contributed by atoms with Crippen molar-refractivity contribution in [2.24, 2.45) is 5.92 Å². The van der Waals surface area contributed by atoms with Gasteiger partial charge in [-0.05, 0) is 50.7 Å². The maximum atomic E-state index is 12.4. The minimum atomic E-state index is 0.304. The smallest absolute Gasteiger partial charge is 0.225 e. The molecule has 126 valence electrons. The molecule has 0 unspecified atom stereocenters. The first-order valence-electron chi connectivity index (χ1n) is 9.30. The van der Waals surface area contributed by atoms with Crippen molar-refractivity contribution in [2.75, 3.05) is 13.1 Å². The molecule has 0 N–H and O–H groups in total. The molecule has 1 saturated heterocycles. The molecule has 5 rings (SSSR count). The number of fused-ring (bicyclic) bond motifs is 1. The largest absolute Gasteiger partial charge is 0.342 e. The van der Waals surface area contributed by atoms with Gasteiger partial charge in [0.25, 0.3) is 0 Å². The fourth-order valence-electron chi connectivity index (χ4n) is 3.94. The summed E-state index contributed by atoms with van der Waals surface area (Å²) in [7, 11) is 0. The van der Waals surface area contributed by atoms with E-state index in [-0.39, 0.29) is 0 Å². The summed E-state index contributed by atoms with van der Waals surface area (Å²) in [6, 6.07) is 4.12. The molecule has 0 radical (unpaired) electrons. The zero-order valence-electron chi connectivity index (χ0n) is 13.9. The van der Waals surface area contributed by atoms with Crippen molar-refractivity contribution in [3.05, 3.63) is 23.7 Å². The predicted molar refractivity (Wildman–Crippen MR) is 88.7 cm³/mol. The van der Waals surface area contributed by atoms with Gasteiger partial charge < -0.3 is 4.90 Å². The molecule has 3 heterocycles. The van der Waals surface area contributed by atoms with E-state index >= 15 is 0 Å². The zero-order chi connectivity index (χ0) is 16.1.